The molecule has 1 amide bonds. The number of amides is 1. The second-order valence-corrected chi connectivity index (χ2v) is 6.39. The van der Waals surface area contributed by atoms with Crippen LogP contribution in [0.2, 0.25) is 0 Å². The predicted molar refractivity (Wildman–Crippen MR) is 110 cm³/mol. The van der Waals surface area contributed by atoms with Crippen LogP contribution >= 0.6 is 0 Å². The highest BCUT2D eigenvalue weighted by Crippen LogP contribution is 2.26. The first kappa shape index (κ1) is 19.3. The molecule has 0 aliphatic rings. The Bertz CT molecular complexity index is 1250. The summed E-state index contributed by atoms with van der Waals surface area (Å²) in [6.07, 6.45) is 4.98. The number of pyridine rings is 1. The zero-order chi connectivity index (χ0) is 21.1. The third-order valence-electron chi connectivity index (χ3n) is 4.44. The molecule has 0 atom stereocenters. The average Bonchev–Trinajstić information content (AvgIpc) is 3.15. The van der Waals surface area contributed by atoms with Crippen molar-refractivity contribution in [3.8, 4) is 5.88 Å². The first-order valence-electron chi connectivity index (χ1n) is 8.97. The molecule has 0 aliphatic heterocycles. The number of hydrogen-bond acceptors (Lipinski definition) is 4. The molecular weight excluding hydrogens is 390 g/mol. The van der Waals surface area contributed by atoms with Crippen molar-refractivity contribution in [1.29, 1.82) is 0 Å². The minimum atomic E-state index is -0.614. The van der Waals surface area contributed by atoms with E-state index in [-0.39, 0.29) is 22.9 Å². The summed E-state index contributed by atoms with van der Waals surface area (Å²) in [5, 5.41) is 10.1. The molecule has 150 valence electrons. The minimum Gasteiger partial charge on any atom is -0.480 e. The number of benzene rings is 2. The fraction of sp³-hybridized carbons (Fsp3) is 0.0455. The van der Waals surface area contributed by atoms with Gasteiger partial charge in [-0.05, 0) is 42.0 Å². The van der Waals surface area contributed by atoms with E-state index in [1.54, 1.807) is 30.4 Å². The molecule has 0 spiro atoms. The van der Waals surface area contributed by atoms with E-state index in [0.29, 0.717) is 16.6 Å². The fourth-order valence-electron chi connectivity index (χ4n) is 2.95. The molecule has 2 N–H and O–H groups in total. The van der Waals surface area contributed by atoms with Gasteiger partial charge >= 0.3 is 0 Å². The summed E-state index contributed by atoms with van der Waals surface area (Å²) < 4.78 is 32.6. The zero-order valence-corrected chi connectivity index (χ0v) is 15.8. The maximum atomic E-state index is 14.5. The summed E-state index contributed by atoms with van der Waals surface area (Å²) in [6, 6.07) is 11.9. The van der Waals surface area contributed by atoms with Gasteiger partial charge in [-0.25, -0.2) is 13.8 Å². The normalized spacial score (nSPS) is 11.2. The summed E-state index contributed by atoms with van der Waals surface area (Å²) >= 11 is 0. The van der Waals surface area contributed by atoms with Gasteiger partial charge in [0.25, 0.3) is 5.91 Å². The van der Waals surface area contributed by atoms with Crippen LogP contribution in [0.3, 0.4) is 0 Å². The highest BCUT2D eigenvalue weighted by atomic mass is 19.1. The van der Waals surface area contributed by atoms with E-state index in [4.69, 9.17) is 4.74 Å². The van der Waals surface area contributed by atoms with Crippen molar-refractivity contribution < 1.29 is 18.3 Å². The van der Waals surface area contributed by atoms with Crippen LogP contribution < -0.4 is 10.1 Å². The summed E-state index contributed by atoms with van der Waals surface area (Å²) in [5.41, 5.74) is 1.98. The van der Waals surface area contributed by atoms with E-state index >= 15 is 0 Å². The van der Waals surface area contributed by atoms with Gasteiger partial charge in [0.2, 0.25) is 5.88 Å². The first-order chi connectivity index (χ1) is 14.5. The lowest BCUT2D eigenvalue weighted by Gasteiger charge is -2.09. The van der Waals surface area contributed by atoms with Crippen LogP contribution in [-0.2, 0) is 0 Å². The molecule has 0 unspecified atom stereocenters. The Balaban J connectivity index is 1.64. The Morgan fingerprint density at radius 3 is 2.70 bits per heavy atom. The largest absolute Gasteiger partial charge is 0.480 e. The number of nitrogens with one attached hydrogen (secondary N) is 2. The molecule has 8 heteroatoms. The fourth-order valence-corrected chi connectivity index (χ4v) is 2.95. The van der Waals surface area contributed by atoms with Crippen molar-refractivity contribution in [2.24, 2.45) is 0 Å². The molecule has 6 nitrogen and oxygen atoms in total. The summed E-state index contributed by atoms with van der Waals surface area (Å²) in [4.78, 5) is 16.5. The molecule has 30 heavy (non-hydrogen) atoms. The van der Waals surface area contributed by atoms with Crippen LogP contribution in [-0.4, -0.2) is 28.2 Å². The Kier molecular flexibility index (Phi) is 5.21. The van der Waals surface area contributed by atoms with Crippen molar-refractivity contribution in [3.63, 3.8) is 0 Å². The number of aromatic nitrogens is 3. The summed E-state index contributed by atoms with van der Waals surface area (Å²) in [6.45, 7) is 0. The second kappa shape index (κ2) is 8.12. The Labute approximate surface area is 170 Å². The molecular formula is C22H16F2N4O2. The van der Waals surface area contributed by atoms with Gasteiger partial charge in [0.1, 0.15) is 17.2 Å². The maximum absolute atomic E-state index is 14.5. The SMILES string of the molecule is COc1ncccc1C(=O)Nc1cc2c(C=Cc3ccc(F)cc3)n[nH]c2cc1F. The van der Waals surface area contributed by atoms with Gasteiger partial charge < -0.3 is 10.1 Å². The Hall–Kier alpha value is -4.07. The van der Waals surface area contributed by atoms with Crippen LogP contribution in [0.25, 0.3) is 23.1 Å². The number of rotatable bonds is 5. The number of ether oxygens (including phenoxy) is 1. The van der Waals surface area contributed by atoms with Crippen LogP contribution in [0, 0.1) is 11.6 Å². The highest BCUT2D eigenvalue weighted by Gasteiger charge is 2.16. The number of nitrogens with zero attached hydrogens (tertiary/aromatic N) is 2. The molecule has 2 aromatic heterocycles. The van der Waals surface area contributed by atoms with E-state index in [1.807, 2.05) is 0 Å². The number of H-pyrrole nitrogens is 1. The predicted octanol–water partition coefficient (Wildman–Crippen LogP) is 4.67. The molecule has 0 bridgehead atoms. The van der Waals surface area contributed by atoms with Gasteiger partial charge in [-0.1, -0.05) is 18.2 Å². The number of hydrogen-bond donors (Lipinski definition) is 2. The number of fused-ring (bicyclic) bond motifs is 1. The topological polar surface area (TPSA) is 79.9 Å². The Morgan fingerprint density at radius 1 is 1.13 bits per heavy atom. The van der Waals surface area contributed by atoms with Crippen LogP contribution in [0.5, 0.6) is 5.88 Å². The van der Waals surface area contributed by atoms with Crippen molar-refractivity contribution in [2.75, 3.05) is 12.4 Å². The number of anilines is 1. The van der Waals surface area contributed by atoms with E-state index in [9.17, 15) is 13.6 Å². The second-order valence-electron chi connectivity index (χ2n) is 6.39. The van der Waals surface area contributed by atoms with Crippen molar-refractivity contribution in [2.45, 2.75) is 0 Å². The lowest BCUT2D eigenvalue weighted by Crippen LogP contribution is -2.14. The monoisotopic (exact) mass is 406 g/mol. The van der Waals surface area contributed by atoms with Gasteiger partial charge in [-0.3, -0.25) is 9.89 Å². The van der Waals surface area contributed by atoms with Gasteiger partial charge in [0, 0.05) is 17.6 Å². The molecule has 4 aromatic rings. The average molecular weight is 406 g/mol. The maximum Gasteiger partial charge on any atom is 0.261 e. The lowest BCUT2D eigenvalue weighted by molar-refractivity contribution is 0.102. The van der Waals surface area contributed by atoms with Crippen molar-refractivity contribution >= 4 is 34.6 Å². The minimum absolute atomic E-state index is 0.00348. The number of halogens is 2. The zero-order valence-electron chi connectivity index (χ0n) is 15.8. The molecule has 2 heterocycles. The molecule has 0 saturated heterocycles. The van der Waals surface area contributed by atoms with Crippen molar-refractivity contribution in [1.82, 2.24) is 15.2 Å². The molecule has 0 saturated carbocycles. The first-order valence-corrected chi connectivity index (χ1v) is 8.97. The van der Waals surface area contributed by atoms with Gasteiger partial charge in [0.15, 0.2) is 0 Å². The van der Waals surface area contributed by atoms with E-state index < -0.39 is 11.7 Å². The number of carbonyl (C=O) groups is 1. The summed E-state index contributed by atoms with van der Waals surface area (Å²) in [5.74, 6) is -1.34. The molecule has 2 aromatic carbocycles. The van der Waals surface area contributed by atoms with Crippen LogP contribution in [0.4, 0.5) is 14.5 Å². The van der Waals surface area contributed by atoms with E-state index in [0.717, 1.165) is 5.56 Å². The molecule has 4 rings (SSSR count). The Morgan fingerprint density at radius 2 is 1.93 bits per heavy atom. The quantitative estimate of drug-likeness (QED) is 0.505. The number of carbonyl (C=O) groups excluding carboxylic acids is 1. The van der Waals surface area contributed by atoms with E-state index in [2.05, 4.69) is 20.5 Å². The lowest BCUT2D eigenvalue weighted by atomic mass is 10.1. The van der Waals surface area contributed by atoms with Crippen LogP contribution in [0.15, 0.2) is 54.7 Å². The third-order valence-corrected chi connectivity index (χ3v) is 4.44. The van der Waals surface area contributed by atoms with Gasteiger partial charge in [-0.15, -0.1) is 0 Å². The standard InChI is InChI=1S/C22H16F2N4O2/c1-30-22-15(3-2-10-25-22)21(29)26-20-11-16-18(27-28-19(16)12-17(20)24)9-6-13-4-7-14(23)8-5-13/h2-12H,1H3,(H,26,29)(H,27,28). The smallest absolute Gasteiger partial charge is 0.261 e. The van der Waals surface area contributed by atoms with E-state index in [1.165, 1.54) is 43.6 Å². The molecule has 0 aliphatic carbocycles. The highest BCUT2D eigenvalue weighted by molar-refractivity contribution is 6.07. The molecule has 0 fully saturated rings. The van der Waals surface area contributed by atoms with Crippen LogP contribution in [0.1, 0.15) is 21.6 Å². The number of methoxy groups -OCH3 is 1. The summed E-state index contributed by atoms with van der Waals surface area (Å²) in [7, 11) is 1.40. The van der Waals surface area contributed by atoms with Gasteiger partial charge in [0.05, 0.1) is 24.0 Å². The van der Waals surface area contributed by atoms with Gasteiger partial charge in [-0.2, -0.15) is 5.10 Å². The van der Waals surface area contributed by atoms with Crippen molar-refractivity contribution in [3.05, 3.63) is 83.2 Å². The molecule has 0 radical (unpaired) electrons. The number of aromatic amines is 1. The third kappa shape index (κ3) is 3.88.